The first kappa shape index (κ1) is 22.8. The lowest BCUT2D eigenvalue weighted by Gasteiger charge is -2.19. The van der Waals surface area contributed by atoms with E-state index in [1.165, 1.54) is 16.9 Å². The summed E-state index contributed by atoms with van der Waals surface area (Å²) in [5, 5.41) is 5.25. The van der Waals surface area contributed by atoms with Gasteiger partial charge in [0.2, 0.25) is 0 Å². The third-order valence-electron chi connectivity index (χ3n) is 6.42. The van der Waals surface area contributed by atoms with E-state index < -0.39 is 24.1 Å². The second kappa shape index (κ2) is 8.77. The molecule has 0 spiro atoms. The molecule has 0 unspecified atom stereocenters. The number of nitrogens with zero attached hydrogens (tertiary/aromatic N) is 3. The third kappa shape index (κ3) is 4.18. The highest BCUT2D eigenvalue weighted by atomic mass is 19.4. The summed E-state index contributed by atoms with van der Waals surface area (Å²) in [6.07, 6.45) is -3.72. The van der Waals surface area contributed by atoms with E-state index in [9.17, 15) is 18.0 Å². The fourth-order valence-corrected chi connectivity index (χ4v) is 4.64. The van der Waals surface area contributed by atoms with E-state index in [1.54, 1.807) is 24.3 Å². The van der Waals surface area contributed by atoms with Crippen LogP contribution in [0.5, 0.6) is 0 Å². The minimum Gasteiger partial charge on any atom is -0.358 e. The van der Waals surface area contributed by atoms with Crippen molar-refractivity contribution in [2.24, 2.45) is 0 Å². The lowest BCUT2D eigenvalue weighted by atomic mass is 10.00. The van der Waals surface area contributed by atoms with Crippen LogP contribution >= 0.6 is 0 Å². The van der Waals surface area contributed by atoms with Crippen LogP contribution in [0.25, 0.3) is 38.8 Å². The lowest BCUT2D eigenvalue weighted by Crippen LogP contribution is -2.25. The standard InChI is InChI=1S/C28H20F3N5O/c29-28(30,31)21(23-14-18-10-4-6-12-22(18)33-23)15-25-34-26-20(27(37)35-25)16-32-36(26)24-13-7-5-11-19(24)17-8-2-1-3-9-17/h1-14,16,21,33H,15H2,(H,34,35,37)/t21-/m1/s1. The summed E-state index contributed by atoms with van der Waals surface area (Å²) in [5.74, 6) is -1.95. The van der Waals surface area contributed by atoms with Crippen LogP contribution in [0.3, 0.4) is 0 Å². The molecule has 0 aliphatic heterocycles. The smallest absolute Gasteiger partial charge is 0.358 e. The number of hydrogen-bond acceptors (Lipinski definition) is 3. The van der Waals surface area contributed by atoms with E-state index in [4.69, 9.17) is 0 Å². The number of alkyl halides is 3. The largest absolute Gasteiger partial charge is 0.397 e. The van der Waals surface area contributed by atoms with Crippen LogP contribution < -0.4 is 5.56 Å². The van der Waals surface area contributed by atoms with Crippen LogP contribution in [0.2, 0.25) is 0 Å². The van der Waals surface area contributed by atoms with Gasteiger partial charge in [-0.1, -0.05) is 66.7 Å². The van der Waals surface area contributed by atoms with Crippen molar-refractivity contribution in [2.75, 3.05) is 0 Å². The second-order valence-electron chi connectivity index (χ2n) is 8.80. The first-order valence-corrected chi connectivity index (χ1v) is 11.6. The van der Waals surface area contributed by atoms with Crippen LogP contribution in [-0.2, 0) is 6.42 Å². The molecule has 3 heterocycles. The fraction of sp³-hybridized carbons (Fsp3) is 0.107. The zero-order chi connectivity index (χ0) is 25.6. The molecule has 3 aromatic heterocycles. The Morgan fingerprint density at radius 2 is 1.62 bits per heavy atom. The number of nitrogens with one attached hydrogen (secondary N) is 2. The van der Waals surface area contributed by atoms with Crippen LogP contribution in [0, 0.1) is 0 Å². The van der Waals surface area contributed by atoms with Gasteiger partial charge in [-0.3, -0.25) is 4.79 Å². The van der Waals surface area contributed by atoms with E-state index in [0.717, 1.165) is 11.1 Å². The topological polar surface area (TPSA) is 79.4 Å². The minimum atomic E-state index is -4.56. The van der Waals surface area contributed by atoms with Crippen molar-refractivity contribution < 1.29 is 13.2 Å². The second-order valence-corrected chi connectivity index (χ2v) is 8.80. The molecule has 6 aromatic rings. The summed E-state index contributed by atoms with van der Waals surface area (Å²) in [5.41, 5.74) is 2.72. The monoisotopic (exact) mass is 499 g/mol. The van der Waals surface area contributed by atoms with Gasteiger partial charge >= 0.3 is 6.18 Å². The zero-order valence-electron chi connectivity index (χ0n) is 19.3. The SMILES string of the molecule is O=c1[nH]c(C[C@H](c2cc3ccccc3[nH]2)C(F)(F)F)nc2c1cnn2-c1ccccc1-c1ccccc1. The van der Waals surface area contributed by atoms with Crippen molar-refractivity contribution in [3.05, 3.63) is 113 Å². The van der Waals surface area contributed by atoms with Crippen molar-refractivity contribution >= 4 is 21.9 Å². The van der Waals surface area contributed by atoms with Crippen molar-refractivity contribution in [2.45, 2.75) is 18.5 Å². The van der Waals surface area contributed by atoms with Gasteiger partial charge < -0.3 is 9.97 Å². The highest BCUT2D eigenvalue weighted by molar-refractivity contribution is 5.81. The number of fused-ring (bicyclic) bond motifs is 2. The molecule has 2 N–H and O–H groups in total. The molecular formula is C28H20F3N5O. The van der Waals surface area contributed by atoms with Crippen molar-refractivity contribution in [3.8, 4) is 16.8 Å². The number of aromatic amines is 2. The van der Waals surface area contributed by atoms with E-state index >= 15 is 0 Å². The van der Waals surface area contributed by atoms with E-state index in [0.29, 0.717) is 16.6 Å². The number of halogens is 3. The Bertz CT molecular complexity index is 1750. The highest BCUT2D eigenvalue weighted by Gasteiger charge is 2.42. The van der Waals surface area contributed by atoms with Crippen LogP contribution in [0.15, 0.2) is 95.9 Å². The number of hydrogen-bond donors (Lipinski definition) is 2. The van der Waals surface area contributed by atoms with Gasteiger partial charge in [0, 0.05) is 23.2 Å². The highest BCUT2D eigenvalue weighted by Crippen LogP contribution is 2.38. The quantitative estimate of drug-likeness (QED) is 0.299. The number of H-pyrrole nitrogens is 2. The molecule has 0 bridgehead atoms. The van der Waals surface area contributed by atoms with Crippen molar-refractivity contribution in [1.82, 2.24) is 24.7 Å². The summed E-state index contributed by atoms with van der Waals surface area (Å²) in [4.78, 5) is 22.7. The minimum absolute atomic E-state index is 0.0133. The zero-order valence-corrected chi connectivity index (χ0v) is 19.3. The Morgan fingerprint density at radius 3 is 2.41 bits per heavy atom. The molecule has 37 heavy (non-hydrogen) atoms. The average molecular weight is 499 g/mol. The van der Waals surface area contributed by atoms with Gasteiger partial charge in [0.1, 0.15) is 17.1 Å². The molecule has 0 aliphatic carbocycles. The predicted octanol–water partition coefficient (Wildman–Crippen LogP) is 6.15. The molecule has 9 heteroatoms. The molecule has 0 radical (unpaired) electrons. The van der Waals surface area contributed by atoms with E-state index in [-0.39, 0.29) is 22.6 Å². The summed E-state index contributed by atoms with van der Waals surface area (Å²) in [6.45, 7) is 0. The molecule has 0 fully saturated rings. The van der Waals surface area contributed by atoms with Crippen molar-refractivity contribution in [1.29, 1.82) is 0 Å². The maximum absolute atomic E-state index is 14.2. The van der Waals surface area contributed by atoms with E-state index in [1.807, 2.05) is 54.6 Å². The summed E-state index contributed by atoms with van der Waals surface area (Å²) >= 11 is 0. The molecular weight excluding hydrogens is 479 g/mol. The molecule has 0 saturated heterocycles. The lowest BCUT2D eigenvalue weighted by molar-refractivity contribution is -0.151. The van der Waals surface area contributed by atoms with Crippen molar-refractivity contribution in [3.63, 3.8) is 0 Å². The Morgan fingerprint density at radius 1 is 0.892 bits per heavy atom. The number of aromatic nitrogens is 5. The molecule has 0 saturated carbocycles. The Kier molecular flexibility index (Phi) is 5.40. The van der Waals surface area contributed by atoms with Crippen LogP contribution in [0.4, 0.5) is 13.2 Å². The molecule has 6 rings (SSSR count). The summed E-state index contributed by atoms with van der Waals surface area (Å²) in [6, 6.07) is 25.6. The molecule has 3 aromatic carbocycles. The first-order valence-electron chi connectivity index (χ1n) is 11.6. The van der Waals surface area contributed by atoms with Crippen LogP contribution in [0.1, 0.15) is 17.4 Å². The maximum atomic E-state index is 14.2. The van der Waals surface area contributed by atoms with E-state index in [2.05, 4.69) is 20.1 Å². The van der Waals surface area contributed by atoms with Gasteiger partial charge in [-0.05, 0) is 29.1 Å². The fourth-order valence-electron chi connectivity index (χ4n) is 4.64. The number of rotatable bonds is 5. The van der Waals surface area contributed by atoms with Gasteiger partial charge in [-0.15, -0.1) is 0 Å². The number of para-hydroxylation sites is 2. The first-order chi connectivity index (χ1) is 17.9. The Balaban J connectivity index is 1.46. The molecule has 0 amide bonds. The van der Waals surface area contributed by atoms with Gasteiger partial charge in [0.05, 0.1) is 11.9 Å². The molecule has 6 nitrogen and oxygen atoms in total. The summed E-state index contributed by atoms with van der Waals surface area (Å²) in [7, 11) is 0. The summed E-state index contributed by atoms with van der Waals surface area (Å²) < 4.78 is 44.1. The number of benzene rings is 3. The average Bonchev–Trinajstić information content (AvgIpc) is 3.52. The predicted molar refractivity (Wildman–Crippen MR) is 136 cm³/mol. The maximum Gasteiger partial charge on any atom is 0.397 e. The molecule has 1 atom stereocenters. The molecule has 0 aliphatic rings. The Labute approximate surface area is 208 Å². The van der Waals surface area contributed by atoms with Gasteiger partial charge in [0.25, 0.3) is 5.56 Å². The molecule has 184 valence electrons. The third-order valence-corrected chi connectivity index (χ3v) is 6.42. The van der Waals surface area contributed by atoms with Gasteiger partial charge in [-0.2, -0.15) is 18.3 Å². The Hall–Kier alpha value is -4.66. The normalized spacial score (nSPS) is 12.8. The van der Waals surface area contributed by atoms with Crippen LogP contribution in [-0.4, -0.2) is 30.9 Å². The van der Waals surface area contributed by atoms with Gasteiger partial charge in [0.15, 0.2) is 5.65 Å². The van der Waals surface area contributed by atoms with Gasteiger partial charge in [-0.25, -0.2) is 9.67 Å².